The number of nitrogens with zero attached hydrogens (tertiary/aromatic N) is 1. The predicted molar refractivity (Wildman–Crippen MR) is 79.3 cm³/mol. The van der Waals surface area contributed by atoms with Crippen molar-refractivity contribution in [2.24, 2.45) is 0 Å². The van der Waals surface area contributed by atoms with Crippen LogP contribution in [0.2, 0.25) is 0 Å². The Balaban J connectivity index is 2.34. The molecule has 19 heavy (non-hydrogen) atoms. The van der Waals surface area contributed by atoms with Gasteiger partial charge in [-0.3, -0.25) is 0 Å². The van der Waals surface area contributed by atoms with Crippen molar-refractivity contribution < 1.29 is 4.39 Å². The van der Waals surface area contributed by atoms with Crippen LogP contribution in [-0.4, -0.2) is 25.0 Å². The normalized spacial score (nSPS) is 18.8. The second kappa shape index (κ2) is 5.24. The fraction of sp³-hybridized carbons (Fsp3) is 0.647. The summed E-state index contributed by atoms with van der Waals surface area (Å²) in [5, 5.41) is 0. The SMILES string of the molecule is Cc1cc(C2CCN(C)CC2)cc(C(C)(C)C)c1F. The lowest BCUT2D eigenvalue weighted by molar-refractivity contribution is 0.255. The monoisotopic (exact) mass is 263 g/mol. The first-order chi connectivity index (χ1) is 8.79. The second-order valence-corrected chi connectivity index (χ2v) is 7.03. The fourth-order valence-electron chi connectivity index (χ4n) is 2.92. The Morgan fingerprint density at radius 3 is 2.26 bits per heavy atom. The molecule has 1 aliphatic heterocycles. The third-order valence-corrected chi connectivity index (χ3v) is 4.27. The summed E-state index contributed by atoms with van der Waals surface area (Å²) in [7, 11) is 2.17. The van der Waals surface area contributed by atoms with E-state index in [1.54, 1.807) is 0 Å². The standard InChI is InChI=1S/C17H26FN/c1-12-10-14(13-6-8-19(5)9-7-13)11-15(16(12)18)17(2,3)4/h10-11,13H,6-9H2,1-5H3. The van der Waals surface area contributed by atoms with E-state index >= 15 is 0 Å². The molecule has 0 N–H and O–H groups in total. The molecule has 2 heteroatoms. The van der Waals surface area contributed by atoms with Gasteiger partial charge in [0.2, 0.25) is 0 Å². The van der Waals surface area contributed by atoms with Crippen molar-refractivity contribution in [1.82, 2.24) is 4.90 Å². The van der Waals surface area contributed by atoms with Crippen LogP contribution in [0.5, 0.6) is 0 Å². The summed E-state index contributed by atoms with van der Waals surface area (Å²) < 4.78 is 14.3. The molecule has 0 spiro atoms. The first kappa shape index (κ1) is 14.5. The van der Waals surface area contributed by atoms with Crippen LogP contribution in [0.3, 0.4) is 0 Å². The molecule has 1 saturated heterocycles. The Kier molecular flexibility index (Phi) is 4.00. The van der Waals surface area contributed by atoms with Gasteiger partial charge < -0.3 is 4.90 Å². The first-order valence-corrected chi connectivity index (χ1v) is 7.28. The van der Waals surface area contributed by atoms with Gasteiger partial charge in [0, 0.05) is 0 Å². The van der Waals surface area contributed by atoms with Crippen LogP contribution in [0.1, 0.15) is 56.2 Å². The van der Waals surface area contributed by atoms with E-state index in [1.807, 2.05) is 6.92 Å². The second-order valence-electron chi connectivity index (χ2n) is 7.03. The third-order valence-electron chi connectivity index (χ3n) is 4.27. The molecule has 0 unspecified atom stereocenters. The summed E-state index contributed by atoms with van der Waals surface area (Å²) in [6.45, 7) is 10.4. The average Bonchev–Trinajstić information content (AvgIpc) is 2.32. The lowest BCUT2D eigenvalue weighted by Gasteiger charge is -2.31. The Labute approximate surface area is 116 Å². The van der Waals surface area contributed by atoms with Gasteiger partial charge in [0.1, 0.15) is 5.82 Å². The maximum atomic E-state index is 14.3. The van der Waals surface area contributed by atoms with Gasteiger partial charge in [0.05, 0.1) is 0 Å². The van der Waals surface area contributed by atoms with E-state index in [0.717, 1.165) is 24.2 Å². The van der Waals surface area contributed by atoms with Crippen LogP contribution in [0.15, 0.2) is 12.1 Å². The molecule has 0 saturated carbocycles. The zero-order chi connectivity index (χ0) is 14.2. The van der Waals surface area contributed by atoms with E-state index in [9.17, 15) is 4.39 Å². The zero-order valence-corrected chi connectivity index (χ0v) is 12.9. The summed E-state index contributed by atoms with van der Waals surface area (Å²) in [5.41, 5.74) is 2.86. The fourth-order valence-corrected chi connectivity index (χ4v) is 2.92. The molecular weight excluding hydrogens is 237 g/mol. The highest BCUT2D eigenvalue weighted by atomic mass is 19.1. The number of piperidine rings is 1. The van der Waals surface area contributed by atoms with Crippen LogP contribution in [0.25, 0.3) is 0 Å². The van der Waals surface area contributed by atoms with E-state index in [0.29, 0.717) is 5.92 Å². The van der Waals surface area contributed by atoms with Crippen molar-refractivity contribution in [1.29, 1.82) is 0 Å². The largest absolute Gasteiger partial charge is 0.306 e. The predicted octanol–water partition coefficient (Wildman–Crippen LogP) is 4.24. The average molecular weight is 263 g/mol. The van der Waals surface area contributed by atoms with Crippen LogP contribution in [-0.2, 0) is 5.41 Å². The highest BCUT2D eigenvalue weighted by Crippen LogP contribution is 2.34. The zero-order valence-electron chi connectivity index (χ0n) is 12.9. The number of rotatable bonds is 1. The molecule has 1 aliphatic rings. The van der Waals surface area contributed by atoms with Crippen molar-refractivity contribution in [3.63, 3.8) is 0 Å². The number of aryl methyl sites for hydroxylation is 1. The minimum Gasteiger partial charge on any atom is -0.306 e. The van der Waals surface area contributed by atoms with Crippen molar-refractivity contribution in [3.8, 4) is 0 Å². The molecule has 1 aromatic rings. The van der Waals surface area contributed by atoms with Gasteiger partial charge in [-0.2, -0.15) is 0 Å². The lowest BCUT2D eigenvalue weighted by Crippen LogP contribution is -2.29. The maximum absolute atomic E-state index is 14.3. The Hall–Kier alpha value is -0.890. The molecular formula is C17H26FN. The highest BCUT2D eigenvalue weighted by molar-refractivity contribution is 5.37. The van der Waals surface area contributed by atoms with Crippen LogP contribution in [0.4, 0.5) is 4.39 Å². The summed E-state index contributed by atoms with van der Waals surface area (Å²) in [4.78, 5) is 2.37. The Morgan fingerprint density at radius 2 is 1.74 bits per heavy atom. The minimum atomic E-state index is -0.129. The van der Waals surface area contributed by atoms with Gasteiger partial charge in [-0.1, -0.05) is 32.9 Å². The van der Waals surface area contributed by atoms with Gasteiger partial charge in [0.15, 0.2) is 0 Å². The highest BCUT2D eigenvalue weighted by Gasteiger charge is 2.24. The van der Waals surface area contributed by atoms with Crippen molar-refractivity contribution in [2.75, 3.05) is 20.1 Å². The van der Waals surface area contributed by atoms with Crippen LogP contribution >= 0.6 is 0 Å². The van der Waals surface area contributed by atoms with Crippen molar-refractivity contribution in [2.45, 2.75) is 51.9 Å². The van der Waals surface area contributed by atoms with E-state index in [4.69, 9.17) is 0 Å². The van der Waals surface area contributed by atoms with Gasteiger partial charge >= 0.3 is 0 Å². The number of hydrogen-bond donors (Lipinski definition) is 0. The van der Waals surface area contributed by atoms with Gasteiger partial charge in [0.25, 0.3) is 0 Å². The summed E-state index contributed by atoms with van der Waals surface area (Å²) in [6.07, 6.45) is 2.37. The summed E-state index contributed by atoms with van der Waals surface area (Å²) >= 11 is 0. The van der Waals surface area contributed by atoms with Crippen LogP contribution in [0, 0.1) is 12.7 Å². The lowest BCUT2D eigenvalue weighted by atomic mass is 9.81. The number of benzene rings is 1. The molecule has 1 aromatic carbocycles. The van der Waals surface area contributed by atoms with E-state index in [2.05, 4.69) is 44.9 Å². The van der Waals surface area contributed by atoms with E-state index < -0.39 is 0 Å². The van der Waals surface area contributed by atoms with Gasteiger partial charge in [-0.15, -0.1) is 0 Å². The molecule has 0 aromatic heterocycles. The smallest absolute Gasteiger partial charge is 0.129 e. The molecule has 0 amide bonds. The summed E-state index contributed by atoms with van der Waals surface area (Å²) in [5.74, 6) is 0.570. The quantitative estimate of drug-likeness (QED) is 0.732. The third kappa shape index (κ3) is 3.17. The minimum absolute atomic E-state index is 0.0239. The van der Waals surface area contributed by atoms with E-state index in [-0.39, 0.29) is 11.2 Å². The molecule has 2 rings (SSSR count). The molecule has 1 heterocycles. The molecule has 0 radical (unpaired) electrons. The van der Waals surface area contributed by atoms with Gasteiger partial charge in [-0.05, 0) is 67.9 Å². The maximum Gasteiger partial charge on any atom is 0.129 e. The molecule has 1 fully saturated rings. The number of hydrogen-bond acceptors (Lipinski definition) is 1. The number of halogens is 1. The Bertz CT molecular complexity index is 451. The number of likely N-dealkylation sites (tertiary alicyclic amines) is 1. The van der Waals surface area contributed by atoms with E-state index in [1.165, 1.54) is 18.4 Å². The first-order valence-electron chi connectivity index (χ1n) is 7.28. The molecule has 1 nitrogen and oxygen atoms in total. The topological polar surface area (TPSA) is 3.24 Å². The molecule has 0 aliphatic carbocycles. The van der Waals surface area contributed by atoms with Gasteiger partial charge in [-0.25, -0.2) is 4.39 Å². The van der Waals surface area contributed by atoms with Crippen LogP contribution < -0.4 is 0 Å². The van der Waals surface area contributed by atoms with Crippen molar-refractivity contribution in [3.05, 3.63) is 34.6 Å². The molecule has 0 bridgehead atoms. The molecule has 106 valence electrons. The van der Waals surface area contributed by atoms with Crippen molar-refractivity contribution >= 4 is 0 Å². The molecule has 0 atom stereocenters. The summed E-state index contributed by atoms with van der Waals surface area (Å²) in [6, 6.07) is 4.17. The Morgan fingerprint density at radius 1 is 1.16 bits per heavy atom.